The number of amidine groups is 1. The number of hydrogen-bond acceptors (Lipinski definition) is 5. The third-order valence-corrected chi connectivity index (χ3v) is 5.49. The smallest absolute Gasteiger partial charge is 0.244 e. The zero-order chi connectivity index (χ0) is 23.8. The number of carbonyl (C=O) groups is 1. The van der Waals surface area contributed by atoms with Crippen molar-refractivity contribution >= 4 is 18.1 Å². The second-order valence-corrected chi connectivity index (χ2v) is 8.62. The Morgan fingerprint density at radius 1 is 1.27 bits per heavy atom. The number of carbonyl (C=O) groups excluding carboxylic acids is 1. The fourth-order valence-corrected chi connectivity index (χ4v) is 3.54. The molecule has 1 amide bonds. The Hall–Kier alpha value is -3.95. The van der Waals surface area contributed by atoms with Gasteiger partial charge in [-0.3, -0.25) is 14.5 Å². The van der Waals surface area contributed by atoms with Gasteiger partial charge in [0.05, 0.1) is 24.6 Å². The van der Waals surface area contributed by atoms with Gasteiger partial charge >= 0.3 is 0 Å². The monoisotopic (exact) mass is 448 g/mol. The Morgan fingerprint density at radius 3 is 2.76 bits per heavy atom. The molecule has 4 rings (SSSR count). The van der Waals surface area contributed by atoms with Crippen molar-refractivity contribution in [2.24, 2.45) is 21.5 Å². The van der Waals surface area contributed by atoms with Crippen LogP contribution in [0.5, 0.6) is 5.75 Å². The summed E-state index contributed by atoms with van der Waals surface area (Å²) >= 11 is 0. The number of aliphatic imine (C=N–C) groups is 2. The van der Waals surface area contributed by atoms with Gasteiger partial charge in [0.1, 0.15) is 29.4 Å². The Kier molecular flexibility index (Phi) is 5.75. The quantitative estimate of drug-likeness (QED) is 0.455. The van der Waals surface area contributed by atoms with Crippen LogP contribution in [0.3, 0.4) is 0 Å². The Labute approximate surface area is 192 Å². The first-order valence-electron chi connectivity index (χ1n) is 10.7. The van der Waals surface area contributed by atoms with Crippen LogP contribution in [0, 0.1) is 0 Å². The third-order valence-electron chi connectivity index (χ3n) is 5.49. The van der Waals surface area contributed by atoms with Crippen molar-refractivity contribution in [3.63, 3.8) is 0 Å². The van der Waals surface area contributed by atoms with E-state index in [-0.39, 0.29) is 6.04 Å². The standard InChI is InChI=1S/C23H28N8O2/c1-14(2)28-20(26-13-24)18-12-30-7-8-33-19-9-15(5-6-17(19)21(30)29-18)16-10-27-31(11-16)23(3,4)22(25)32/h5-6,9-14H,7-8H2,1-4H3,(H2,25,32)(H2,24,26,28). The number of fused-ring (bicyclic) bond motifs is 3. The van der Waals surface area contributed by atoms with Gasteiger partial charge in [0.15, 0.2) is 5.84 Å². The van der Waals surface area contributed by atoms with Crippen molar-refractivity contribution < 1.29 is 9.53 Å². The lowest BCUT2D eigenvalue weighted by Gasteiger charge is -2.20. The summed E-state index contributed by atoms with van der Waals surface area (Å²) in [5.74, 6) is 1.54. The Morgan fingerprint density at radius 2 is 2.06 bits per heavy atom. The Balaban J connectivity index is 1.72. The first kappa shape index (κ1) is 22.3. The van der Waals surface area contributed by atoms with Crippen molar-refractivity contribution in [1.29, 1.82) is 0 Å². The lowest BCUT2D eigenvalue weighted by atomic mass is 10.0. The molecule has 10 nitrogen and oxygen atoms in total. The average molecular weight is 449 g/mol. The highest BCUT2D eigenvalue weighted by Gasteiger charge is 2.28. The highest BCUT2D eigenvalue weighted by Crippen LogP contribution is 2.36. The zero-order valence-electron chi connectivity index (χ0n) is 19.2. The van der Waals surface area contributed by atoms with Crippen LogP contribution in [-0.2, 0) is 16.9 Å². The summed E-state index contributed by atoms with van der Waals surface area (Å²) in [7, 11) is 0. The maximum Gasteiger partial charge on any atom is 0.244 e. The molecule has 172 valence electrons. The number of rotatable bonds is 5. The first-order valence-corrected chi connectivity index (χ1v) is 10.7. The maximum absolute atomic E-state index is 11.8. The van der Waals surface area contributed by atoms with Gasteiger partial charge in [0.2, 0.25) is 5.91 Å². The molecule has 0 unspecified atom stereocenters. The number of primary amides is 1. The minimum atomic E-state index is -0.928. The van der Waals surface area contributed by atoms with E-state index in [1.165, 1.54) is 6.34 Å². The summed E-state index contributed by atoms with van der Waals surface area (Å²) in [5.41, 5.74) is 13.4. The van der Waals surface area contributed by atoms with E-state index in [1.807, 2.05) is 49.0 Å². The number of benzene rings is 1. The normalized spacial score (nSPS) is 14.2. The molecule has 2 aromatic heterocycles. The van der Waals surface area contributed by atoms with Crippen LogP contribution in [0.2, 0.25) is 0 Å². The molecule has 1 aliphatic heterocycles. The van der Waals surface area contributed by atoms with Crippen LogP contribution in [0.15, 0.2) is 46.8 Å². The second-order valence-electron chi connectivity index (χ2n) is 8.62. The average Bonchev–Trinajstić information content (AvgIpc) is 3.38. The van der Waals surface area contributed by atoms with Gasteiger partial charge < -0.3 is 20.8 Å². The molecule has 33 heavy (non-hydrogen) atoms. The van der Waals surface area contributed by atoms with E-state index in [9.17, 15) is 4.79 Å². The van der Waals surface area contributed by atoms with Gasteiger partial charge in [0.25, 0.3) is 0 Å². The van der Waals surface area contributed by atoms with E-state index in [2.05, 4.69) is 15.1 Å². The second kappa shape index (κ2) is 8.53. The fourth-order valence-electron chi connectivity index (χ4n) is 3.54. The van der Waals surface area contributed by atoms with Gasteiger partial charge in [-0.15, -0.1) is 0 Å². The molecule has 10 heteroatoms. The highest BCUT2D eigenvalue weighted by atomic mass is 16.5. The largest absolute Gasteiger partial charge is 0.491 e. The molecule has 3 aromatic rings. The maximum atomic E-state index is 11.8. The summed E-state index contributed by atoms with van der Waals surface area (Å²) in [4.78, 5) is 25.3. The van der Waals surface area contributed by atoms with E-state index >= 15 is 0 Å². The molecule has 0 saturated carbocycles. The molecule has 0 bridgehead atoms. The SMILES string of the molecule is CC(C)N=C(N=CN)c1cn2c(n1)-c1ccc(-c3cnn(C(C)(C)C(N)=O)c3)cc1OCC2. The molecule has 4 N–H and O–H groups in total. The van der Waals surface area contributed by atoms with Gasteiger partial charge in [-0.05, 0) is 45.4 Å². The van der Waals surface area contributed by atoms with Gasteiger partial charge in [-0.25, -0.2) is 9.98 Å². The van der Waals surface area contributed by atoms with Crippen LogP contribution >= 0.6 is 0 Å². The molecule has 0 spiro atoms. The third kappa shape index (κ3) is 4.23. The number of ether oxygens (including phenoxy) is 1. The molecule has 3 heterocycles. The summed E-state index contributed by atoms with van der Waals surface area (Å²) in [5, 5.41) is 4.34. The Bertz CT molecular complexity index is 1250. The molecule has 0 aliphatic carbocycles. The van der Waals surface area contributed by atoms with Crippen molar-refractivity contribution in [3.05, 3.63) is 42.5 Å². The first-order chi connectivity index (χ1) is 15.7. The molecule has 1 aliphatic rings. The van der Waals surface area contributed by atoms with E-state index in [0.29, 0.717) is 24.7 Å². The lowest BCUT2D eigenvalue weighted by Crippen LogP contribution is -2.41. The summed E-state index contributed by atoms with van der Waals surface area (Å²) < 4.78 is 9.65. The van der Waals surface area contributed by atoms with Crippen LogP contribution in [0.4, 0.5) is 0 Å². The number of amides is 1. The number of aromatic nitrogens is 4. The molecular weight excluding hydrogens is 420 g/mol. The van der Waals surface area contributed by atoms with Crippen LogP contribution in [0.1, 0.15) is 33.4 Å². The number of nitrogens with two attached hydrogens (primary N) is 2. The molecule has 0 atom stereocenters. The summed E-state index contributed by atoms with van der Waals surface area (Å²) in [6.45, 7) is 8.54. The summed E-state index contributed by atoms with van der Waals surface area (Å²) in [6.07, 6.45) is 6.67. The van der Waals surface area contributed by atoms with Gasteiger partial charge in [-0.1, -0.05) is 6.07 Å². The van der Waals surface area contributed by atoms with E-state index in [0.717, 1.165) is 28.3 Å². The van der Waals surface area contributed by atoms with Crippen LogP contribution < -0.4 is 16.2 Å². The van der Waals surface area contributed by atoms with Crippen molar-refractivity contribution in [1.82, 2.24) is 19.3 Å². The van der Waals surface area contributed by atoms with Gasteiger partial charge in [0, 0.05) is 24.0 Å². The molecule has 0 fully saturated rings. The number of imidazole rings is 1. The fraction of sp³-hybridized carbons (Fsp3) is 0.348. The minimum absolute atomic E-state index is 0.0591. The lowest BCUT2D eigenvalue weighted by molar-refractivity contribution is -0.125. The number of hydrogen-bond donors (Lipinski definition) is 2. The van der Waals surface area contributed by atoms with E-state index < -0.39 is 11.4 Å². The van der Waals surface area contributed by atoms with E-state index in [1.54, 1.807) is 24.7 Å². The van der Waals surface area contributed by atoms with E-state index in [4.69, 9.17) is 21.2 Å². The van der Waals surface area contributed by atoms with Crippen LogP contribution in [0.25, 0.3) is 22.5 Å². The molecule has 1 aromatic carbocycles. The predicted octanol–water partition coefficient (Wildman–Crippen LogP) is 2.17. The van der Waals surface area contributed by atoms with Crippen molar-refractivity contribution in [3.8, 4) is 28.3 Å². The molecular formula is C23H28N8O2. The predicted molar refractivity (Wildman–Crippen MR) is 127 cm³/mol. The van der Waals surface area contributed by atoms with Crippen LogP contribution in [-0.4, -0.2) is 50.1 Å². The van der Waals surface area contributed by atoms with Gasteiger partial charge in [-0.2, -0.15) is 5.10 Å². The minimum Gasteiger partial charge on any atom is -0.491 e. The molecule has 0 saturated heterocycles. The number of nitrogens with zero attached hydrogens (tertiary/aromatic N) is 6. The van der Waals surface area contributed by atoms with Crippen molar-refractivity contribution in [2.75, 3.05) is 6.61 Å². The molecule has 0 radical (unpaired) electrons. The summed E-state index contributed by atoms with van der Waals surface area (Å²) in [6, 6.07) is 5.97. The zero-order valence-corrected chi connectivity index (χ0v) is 19.2. The highest BCUT2D eigenvalue weighted by molar-refractivity contribution is 6.01. The van der Waals surface area contributed by atoms with Crippen molar-refractivity contribution in [2.45, 2.75) is 45.8 Å². The topological polar surface area (TPSA) is 139 Å².